The van der Waals surface area contributed by atoms with Gasteiger partial charge in [-0.1, -0.05) is 30.3 Å². The van der Waals surface area contributed by atoms with Crippen molar-refractivity contribution >= 4 is 11.1 Å². The van der Waals surface area contributed by atoms with Crippen LogP contribution in [0.15, 0.2) is 30.3 Å². The largest absolute Gasteiger partial charge is 0.323 e. The van der Waals surface area contributed by atoms with E-state index in [4.69, 9.17) is 10.3 Å². The van der Waals surface area contributed by atoms with E-state index < -0.39 is 11.1 Å². The second-order valence-electron chi connectivity index (χ2n) is 2.51. The van der Waals surface area contributed by atoms with E-state index in [1.807, 2.05) is 30.3 Å². The van der Waals surface area contributed by atoms with Gasteiger partial charge in [-0.25, -0.2) is 4.21 Å². The zero-order valence-corrected chi connectivity index (χ0v) is 7.33. The zero-order valence-electron chi connectivity index (χ0n) is 6.51. The van der Waals surface area contributed by atoms with Gasteiger partial charge in [-0.15, -0.1) is 0 Å². The Labute approximate surface area is 73.9 Å². The highest BCUT2D eigenvalue weighted by Gasteiger charge is 2.07. The third-order valence-electron chi connectivity index (χ3n) is 1.55. The molecule has 0 heterocycles. The molecule has 66 valence electrons. The van der Waals surface area contributed by atoms with Crippen LogP contribution in [-0.2, 0) is 11.1 Å². The summed E-state index contributed by atoms with van der Waals surface area (Å²) in [7, 11) is 0. The summed E-state index contributed by atoms with van der Waals surface area (Å²) in [5.41, 5.74) is 6.53. The van der Waals surface area contributed by atoms with E-state index in [9.17, 15) is 4.21 Å². The molecule has 2 atom stereocenters. The van der Waals surface area contributed by atoms with Crippen molar-refractivity contribution < 1.29 is 8.76 Å². The van der Waals surface area contributed by atoms with Gasteiger partial charge in [-0.05, 0) is 5.56 Å². The third-order valence-corrected chi connectivity index (χ3v) is 2.19. The Kier molecular flexibility index (Phi) is 3.40. The molecule has 0 saturated carbocycles. The molecule has 1 aromatic rings. The van der Waals surface area contributed by atoms with E-state index in [0.29, 0.717) is 0 Å². The van der Waals surface area contributed by atoms with Gasteiger partial charge >= 0.3 is 0 Å². The number of benzene rings is 1. The Bertz CT molecular complexity index is 263. The summed E-state index contributed by atoms with van der Waals surface area (Å²) in [6.07, 6.45) is 0. The summed E-state index contributed by atoms with van der Waals surface area (Å²) >= 11 is -1.82. The van der Waals surface area contributed by atoms with Crippen molar-refractivity contribution in [1.82, 2.24) is 0 Å². The summed E-state index contributed by atoms with van der Waals surface area (Å²) in [5, 5.41) is 0. The van der Waals surface area contributed by atoms with Gasteiger partial charge in [0.15, 0.2) is 11.1 Å². The van der Waals surface area contributed by atoms with Gasteiger partial charge in [0.25, 0.3) is 0 Å². The number of hydrogen-bond acceptors (Lipinski definition) is 2. The molecular formula is C8H11NO2S. The van der Waals surface area contributed by atoms with Crippen molar-refractivity contribution in [1.29, 1.82) is 0 Å². The summed E-state index contributed by atoms with van der Waals surface area (Å²) in [4.78, 5) is 0. The van der Waals surface area contributed by atoms with Crippen LogP contribution < -0.4 is 5.73 Å². The van der Waals surface area contributed by atoms with Crippen LogP contribution >= 0.6 is 0 Å². The smallest absolute Gasteiger partial charge is 0.154 e. The average Bonchev–Trinajstić information content (AvgIpc) is 2.05. The van der Waals surface area contributed by atoms with Crippen molar-refractivity contribution in [3.05, 3.63) is 35.9 Å². The van der Waals surface area contributed by atoms with E-state index in [0.717, 1.165) is 5.56 Å². The normalized spacial score (nSPS) is 15.5. The second kappa shape index (κ2) is 4.35. The van der Waals surface area contributed by atoms with Crippen LogP contribution in [0, 0.1) is 0 Å². The molecule has 4 heteroatoms. The molecule has 1 rings (SSSR count). The lowest BCUT2D eigenvalue weighted by Gasteiger charge is -2.08. The third kappa shape index (κ3) is 2.73. The number of hydrogen-bond donors (Lipinski definition) is 2. The molecule has 0 bridgehead atoms. The molecule has 2 unspecified atom stereocenters. The number of nitrogens with two attached hydrogens (primary N) is 1. The first-order chi connectivity index (χ1) is 5.70. The molecule has 0 saturated heterocycles. The van der Waals surface area contributed by atoms with Crippen LogP contribution in [0.25, 0.3) is 0 Å². The van der Waals surface area contributed by atoms with Crippen molar-refractivity contribution in [2.75, 3.05) is 5.75 Å². The highest BCUT2D eigenvalue weighted by Crippen LogP contribution is 2.09. The first kappa shape index (κ1) is 9.38. The van der Waals surface area contributed by atoms with Crippen LogP contribution in [0.5, 0.6) is 0 Å². The predicted octanol–water partition coefficient (Wildman–Crippen LogP) is 0.908. The molecule has 0 fully saturated rings. The van der Waals surface area contributed by atoms with Crippen molar-refractivity contribution in [2.45, 2.75) is 6.04 Å². The lowest BCUT2D eigenvalue weighted by molar-refractivity contribution is 0.557. The van der Waals surface area contributed by atoms with Crippen LogP contribution in [0.4, 0.5) is 0 Å². The Morgan fingerprint density at radius 2 is 2.00 bits per heavy atom. The fourth-order valence-corrected chi connectivity index (χ4v) is 1.45. The topological polar surface area (TPSA) is 63.3 Å². The van der Waals surface area contributed by atoms with Crippen molar-refractivity contribution in [3.8, 4) is 0 Å². The van der Waals surface area contributed by atoms with E-state index in [1.165, 1.54) is 0 Å². The molecule has 1 aromatic carbocycles. The second-order valence-corrected chi connectivity index (χ2v) is 3.48. The molecule has 3 N–H and O–H groups in total. The first-order valence-corrected chi connectivity index (χ1v) is 4.85. The highest BCUT2D eigenvalue weighted by molar-refractivity contribution is 7.79. The molecular weight excluding hydrogens is 174 g/mol. The van der Waals surface area contributed by atoms with Gasteiger partial charge in [0.1, 0.15) is 0 Å². The average molecular weight is 185 g/mol. The zero-order chi connectivity index (χ0) is 8.97. The standard InChI is InChI=1S/C8H11NO2S/c9-8(6-12(10)11)7-4-2-1-3-5-7/h1-5,8H,6,9H2,(H,10,11). The summed E-state index contributed by atoms with van der Waals surface area (Å²) in [6, 6.07) is 8.93. The van der Waals surface area contributed by atoms with Gasteiger partial charge in [-0.3, -0.25) is 0 Å². The van der Waals surface area contributed by atoms with Crippen LogP contribution in [0.1, 0.15) is 11.6 Å². The minimum Gasteiger partial charge on any atom is -0.323 e. The maximum Gasteiger partial charge on any atom is 0.154 e. The molecule has 0 aromatic heterocycles. The van der Waals surface area contributed by atoms with E-state index in [2.05, 4.69) is 0 Å². The molecule has 12 heavy (non-hydrogen) atoms. The van der Waals surface area contributed by atoms with E-state index in [-0.39, 0.29) is 11.8 Å². The van der Waals surface area contributed by atoms with Crippen molar-refractivity contribution in [3.63, 3.8) is 0 Å². The quantitative estimate of drug-likeness (QED) is 0.688. The summed E-state index contributed by atoms with van der Waals surface area (Å²) in [6.45, 7) is 0. The Morgan fingerprint density at radius 1 is 1.42 bits per heavy atom. The first-order valence-electron chi connectivity index (χ1n) is 3.58. The Morgan fingerprint density at radius 3 is 2.50 bits per heavy atom. The molecule has 0 amide bonds. The predicted molar refractivity (Wildman–Crippen MR) is 49.0 cm³/mol. The highest BCUT2D eigenvalue weighted by atomic mass is 32.2. The lowest BCUT2D eigenvalue weighted by Crippen LogP contribution is -2.17. The minimum atomic E-state index is -1.82. The van der Waals surface area contributed by atoms with Crippen LogP contribution in [0.3, 0.4) is 0 Å². The van der Waals surface area contributed by atoms with Gasteiger partial charge < -0.3 is 10.3 Å². The van der Waals surface area contributed by atoms with Gasteiger partial charge in [0.05, 0.1) is 5.75 Å². The van der Waals surface area contributed by atoms with Gasteiger partial charge in [0, 0.05) is 6.04 Å². The number of rotatable bonds is 3. The van der Waals surface area contributed by atoms with Crippen LogP contribution in [0.2, 0.25) is 0 Å². The van der Waals surface area contributed by atoms with Crippen molar-refractivity contribution in [2.24, 2.45) is 5.73 Å². The molecule has 0 aliphatic heterocycles. The maximum atomic E-state index is 10.4. The molecule has 0 spiro atoms. The maximum absolute atomic E-state index is 10.4. The summed E-state index contributed by atoms with van der Waals surface area (Å²) in [5.74, 6) is 0.0873. The molecule has 3 nitrogen and oxygen atoms in total. The van der Waals surface area contributed by atoms with Crippen LogP contribution in [-0.4, -0.2) is 14.5 Å². The van der Waals surface area contributed by atoms with E-state index in [1.54, 1.807) is 0 Å². The molecule has 0 aliphatic rings. The SMILES string of the molecule is NC(CS(=O)O)c1ccccc1. The fraction of sp³-hybridized carbons (Fsp3) is 0.250. The Hall–Kier alpha value is -0.710. The lowest BCUT2D eigenvalue weighted by atomic mass is 10.1. The van der Waals surface area contributed by atoms with E-state index >= 15 is 0 Å². The minimum absolute atomic E-state index is 0.0873. The van der Waals surface area contributed by atoms with Gasteiger partial charge in [0.2, 0.25) is 0 Å². The molecule has 0 aliphatic carbocycles. The van der Waals surface area contributed by atoms with Gasteiger partial charge in [-0.2, -0.15) is 0 Å². The monoisotopic (exact) mass is 185 g/mol. The summed E-state index contributed by atoms with van der Waals surface area (Å²) < 4.78 is 19.0. The molecule has 0 radical (unpaired) electrons. The Balaban J connectivity index is 2.65. The fourth-order valence-electron chi connectivity index (χ4n) is 0.950.